The molecule has 150 valence electrons. The van der Waals surface area contributed by atoms with Gasteiger partial charge in [0.2, 0.25) is 0 Å². The van der Waals surface area contributed by atoms with Crippen LogP contribution in [-0.4, -0.2) is 20.9 Å². The lowest BCUT2D eigenvalue weighted by Gasteiger charge is -2.10. The molecule has 30 heavy (non-hydrogen) atoms. The number of amides is 1. The fraction of sp³-hybridized carbons (Fsp3) is 0.0870. The first-order valence-electron chi connectivity index (χ1n) is 9.50. The van der Waals surface area contributed by atoms with Crippen molar-refractivity contribution >= 4 is 28.9 Å². The lowest BCUT2D eigenvalue weighted by molar-refractivity contribution is 0.102. The van der Waals surface area contributed by atoms with Gasteiger partial charge in [0, 0.05) is 12.2 Å². The van der Waals surface area contributed by atoms with E-state index in [1.807, 2.05) is 66.7 Å². The number of anilines is 2. The van der Waals surface area contributed by atoms with Gasteiger partial charge in [-0.1, -0.05) is 77.5 Å². The maximum Gasteiger partial charge on any atom is 0.277 e. The van der Waals surface area contributed by atoms with E-state index in [0.29, 0.717) is 23.8 Å². The second-order valence-electron chi connectivity index (χ2n) is 6.77. The number of hydrogen-bond acceptors (Lipinski definition) is 4. The number of nitrogens with one attached hydrogen (secondary N) is 2. The maximum atomic E-state index is 12.5. The van der Waals surface area contributed by atoms with Crippen molar-refractivity contribution in [2.75, 3.05) is 10.6 Å². The maximum absolute atomic E-state index is 12.5. The van der Waals surface area contributed by atoms with E-state index in [1.54, 1.807) is 23.0 Å². The highest BCUT2D eigenvalue weighted by atomic mass is 35.5. The first-order chi connectivity index (χ1) is 14.7. The Morgan fingerprint density at radius 1 is 0.933 bits per heavy atom. The minimum atomic E-state index is -0.338. The molecule has 3 aromatic carbocycles. The summed E-state index contributed by atoms with van der Waals surface area (Å²) in [5, 5.41) is 14.6. The smallest absolute Gasteiger partial charge is 0.277 e. The van der Waals surface area contributed by atoms with Crippen LogP contribution in [0.5, 0.6) is 0 Å². The van der Waals surface area contributed by atoms with Gasteiger partial charge < -0.3 is 10.6 Å². The van der Waals surface area contributed by atoms with E-state index in [9.17, 15) is 4.79 Å². The Hall–Kier alpha value is -3.64. The molecule has 1 heterocycles. The molecule has 4 aromatic rings. The van der Waals surface area contributed by atoms with Gasteiger partial charge in [0.25, 0.3) is 5.91 Å². The molecule has 1 aromatic heterocycles. The van der Waals surface area contributed by atoms with Crippen LogP contribution in [0.1, 0.15) is 21.6 Å². The second-order valence-corrected chi connectivity index (χ2v) is 7.18. The van der Waals surface area contributed by atoms with E-state index >= 15 is 0 Å². The fourth-order valence-electron chi connectivity index (χ4n) is 2.97. The van der Waals surface area contributed by atoms with Crippen LogP contribution in [0.15, 0.2) is 85.1 Å². The molecule has 1 amide bonds. The Balaban J connectivity index is 1.37. The standard InChI is InChI=1S/C23H20ClN5O/c24-20-13-19(11-12-21(20)25-14-17-7-3-1-4-8-17)26-23(30)22-16-29(28-27-22)15-18-9-5-2-6-10-18/h1-13,16,25H,14-15H2,(H,26,30). The van der Waals surface area contributed by atoms with Crippen molar-refractivity contribution in [3.05, 3.63) is 107 Å². The molecule has 7 heteroatoms. The first-order valence-corrected chi connectivity index (χ1v) is 9.88. The molecule has 2 N–H and O–H groups in total. The summed E-state index contributed by atoms with van der Waals surface area (Å²) in [4.78, 5) is 12.5. The fourth-order valence-corrected chi connectivity index (χ4v) is 3.22. The quantitative estimate of drug-likeness (QED) is 0.451. The first kappa shape index (κ1) is 19.7. The molecule has 0 bridgehead atoms. The van der Waals surface area contributed by atoms with Crippen molar-refractivity contribution in [3.8, 4) is 0 Å². The van der Waals surface area contributed by atoms with Crippen LogP contribution in [0.25, 0.3) is 0 Å². The molecule has 0 aliphatic carbocycles. The lowest BCUT2D eigenvalue weighted by atomic mass is 10.2. The molecule has 0 radical (unpaired) electrons. The molecular formula is C23H20ClN5O. The minimum absolute atomic E-state index is 0.244. The van der Waals surface area contributed by atoms with Crippen molar-refractivity contribution < 1.29 is 4.79 Å². The largest absolute Gasteiger partial charge is 0.380 e. The summed E-state index contributed by atoms with van der Waals surface area (Å²) in [7, 11) is 0. The van der Waals surface area contributed by atoms with Gasteiger partial charge in [-0.15, -0.1) is 5.10 Å². The molecule has 0 atom stereocenters. The zero-order valence-corrected chi connectivity index (χ0v) is 16.9. The van der Waals surface area contributed by atoms with E-state index in [-0.39, 0.29) is 11.6 Å². The van der Waals surface area contributed by atoms with Gasteiger partial charge >= 0.3 is 0 Å². The third-order valence-corrected chi connectivity index (χ3v) is 4.82. The molecule has 0 aliphatic heterocycles. The summed E-state index contributed by atoms with van der Waals surface area (Å²) in [6, 6.07) is 25.3. The zero-order chi connectivity index (χ0) is 20.8. The average Bonchev–Trinajstić information content (AvgIpc) is 3.23. The number of nitrogens with zero attached hydrogens (tertiary/aromatic N) is 3. The summed E-state index contributed by atoms with van der Waals surface area (Å²) < 4.78 is 1.63. The van der Waals surface area contributed by atoms with E-state index in [0.717, 1.165) is 16.8 Å². The van der Waals surface area contributed by atoms with Crippen LogP contribution in [0.2, 0.25) is 5.02 Å². The van der Waals surface area contributed by atoms with Gasteiger partial charge in [-0.05, 0) is 29.3 Å². The van der Waals surface area contributed by atoms with Crippen molar-refractivity contribution in [3.63, 3.8) is 0 Å². The van der Waals surface area contributed by atoms with Crippen LogP contribution < -0.4 is 10.6 Å². The number of halogens is 1. The molecule has 0 fully saturated rings. The highest BCUT2D eigenvalue weighted by Crippen LogP contribution is 2.26. The summed E-state index contributed by atoms with van der Waals surface area (Å²) in [5.74, 6) is -0.338. The number of carbonyl (C=O) groups excluding carboxylic acids is 1. The zero-order valence-electron chi connectivity index (χ0n) is 16.1. The second kappa shape index (κ2) is 9.24. The van der Waals surface area contributed by atoms with Crippen LogP contribution >= 0.6 is 11.6 Å². The van der Waals surface area contributed by atoms with E-state index in [4.69, 9.17) is 11.6 Å². The summed E-state index contributed by atoms with van der Waals surface area (Å²) in [6.07, 6.45) is 1.62. The van der Waals surface area contributed by atoms with E-state index < -0.39 is 0 Å². The number of hydrogen-bond donors (Lipinski definition) is 2. The predicted molar refractivity (Wildman–Crippen MR) is 119 cm³/mol. The van der Waals surface area contributed by atoms with E-state index in [2.05, 4.69) is 20.9 Å². The van der Waals surface area contributed by atoms with Gasteiger partial charge in [-0.3, -0.25) is 4.79 Å². The molecule has 0 unspecified atom stereocenters. The number of carbonyl (C=O) groups is 1. The Kier molecular flexibility index (Phi) is 6.06. The van der Waals surface area contributed by atoms with E-state index in [1.165, 1.54) is 0 Å². The number of rotatable bonds is 7. The number of aromatic nitrogens is 3. The molecule has 0 saturated heterocycles. The average molecular weight is 418 g/mol. The van der Waals surface area contributed by atoms with Gasteiger partial charge in [-0.2, -0.15) is 0 Å². The third-order valence-electron chi connectivity index (χ3n) is 4.51. The number of benzene rings is 3. The Labute approximate surface area is 179 Å². The molecule has 4 rings (SSSR count). The van der Waals surface area contributed by atoms with Crippen molar-refractivity contribution in [1.29, 1.82) is 0 Å². The molecular weight excluding hydrogens is 398 g/mol. The highest BCUT2D eigenvalue weighted by Gasteiger charge is 2.12. The molecule has 0 spiro atoms. The summed E-state index contributed by atoms with van der Waals surface area (Å²) in [5.41, 5.74) is 3.87. The van der Waals surface area contributed by atoms with Crippen LogP contribution in [0.3, 0.4) is 0 Å². The van der Waals surface area contributed by atoms with Gasteiger partial charge in [0.1, 0.15) is 0 Å². The van der Waals surface area contributed by atoms with Crippen molar-refractivity contribution in [1.82, 2.24) is 15.0 Å². The normalized spacial score (nSPS) is 10.6. The monoisotopic (exact) mass is 417 g/mol. The van der Waals surface area contributed by atoms with Crippen LogP contribution in [0.4, 0.5) is 11.4 Å². The van der Waals surface area contributed by atoms with Crippen LogP contribution in [0, 0.1) is 0 Å². The third kappa shape index (κ3) is 5.04. The predicted octanol–water partition coefficient (Wildman–Crippen LogP) is 4.84. The topological polar surface area (TPSA) is 71.8 Å². The van der Waals surface area contributed by atoms with Gasteiger partial charge in [0.15, 0.2) is 5.69 Å². The Morgan fingerprint density at radius 2 is 1.63 bits per heavy atom. The Bertz CT molecular complexity index is 1130. The SMILES string of the molecule is O=C(Nc1ccc(NCc2ccccc2)c(Cl)c1)c1cn(Cc2ccccc2)nn1. The summed E-state index contributed by atoms with van der Waals surface area (Å²) >= 11 is 6.37. The van der Waals surface area contributed by atoms with Crippen LogP contribution in [-0.2, 0) is 13.1 Å². The highest BCUT2D eigenvalue weighted by molar-refractivity contribution is 6.33. The van der Waals surface area contributed by atoms with Gasteiger partial charge in [-0.25, -0.2) is 4.68 Å². The molecule has 6 nitrogen and oxygen atoms in total. The van der Waals surface area contributed by atoms with Crippen molar-refractivity contribution in [2.45, 2.75) is 13.1 Å². The lowest BCUT2D eigenvalue weighted by Crippen LogP contribution is -2.12. The van der Waals surface area contributed by atoms with Gasteiger partial charge in [0.05, 0.1) is 23.5 Å². The van der Waals surface area contributed by atoms with Crippen molar-refractivity contribution in [2.24, 2.45) is 0 Å². The molecule has 0 aliphatic rings. The molecule has 0 saturated carbocycles. The minimum Gasteiger partial charge on any atom is -0.380 e. The Morgan fingerprint density at radius 3 is 2.33 bits per heavy atom. The summed E-state index contributed by atoms with van der Waals surface area (Å²) in [6.45, 7) is 1.21.